The molecule has 232 valence electrons. The van der Waals surface area contributed by atoms with Crippen LogP contribution >= 0.6 is 15.9 Å². The lowest BCUT2D eigenvalue weighted by molar-refractivity contribution is -0.138. The van der Waals surface area contributed by atoms with Crippen molar-refractivity contribution >= 4 is 15.9 Å². The zero-order valence-corrected chi connectivity index (χ0v) is 26.3. The third-order valence-corrected chi connectivity index (χ3v) is 8.00. The highest BCUT2D eigenvalue weighted by atomic mass is 79.9. The van der Waals surface area contributed by atoms with Crippen LogP contribution in [0.1, 0.15) is 16.7 Å². The van der Waals surface area contributed by atoms with E-state index in [1.54, 1.807) is 42.1 Å². The summed E-state index contributed by atoms with van der Waals surface area (Å²) in [5.41, 5.74) is 3.13. The van der Waals surface area contributed by atoms with Crippen molar-refractivity contribution in [3.05, 3.63) is 149 Å². The predicted octanol–water partition coefficient (Wildman–Crippen LogP) is 10.2. The number of hydrogen-bond donors (Lipinski definition) is 0. The molecule has 0 aliphatic carbocycles. The minimum absolute atomic E-state index is 0.0540. The Hall–Kier alpha value is -5.02. The molecule has 0 aliphatic heterocycles. The highest BCUT2D eigenvalue weighted by molar-refractivity contribution is 9.10. The summed E-state index contributed by atoms with van der Waals surface area (Å²) in [7, 11) is 1.56. The maximum atomic E-state index is 14.0. The van der Waals surface area contributed by atoms with Gasteiger partial charge in [0.05, 0.1) is 23.9 Å². The van der Waals surface area contributed by atoms with Gasteiger partial charge in [0.2, 0.25) is 0 Å². The zero-order valence-electron chi connectivity index (χ0n) is 24.7. The molecule has 1 aromatic heterocycles. The van der Waals surface area contributed by atoms with Crippen molar-refractivity contribution in [2.75, 3.05) is 7.11 Å². The Morgan fingerprint density at radius 3 is 1.93 bits per heavy atom. The topological polar surface area (TPSA) is 45.5 Å². The van der Waals surface area contributed by atoms with Crippen molar-refractivity contribution in [2.45, 2.75) is 19.4 Å². The van der Waals surface area contributed by atoms with E-state index in [4.69, 9.17) is 19.2 Å². The first-order valence-corrected chi connectivity index (χ1v) is 15.2. The number of halogens is 4. The summed E-state index contributed by atoms with van der Waals surface area (Å²) in [6, 6.07) is 36.3. The Balaban J connectivity index is 1.49. The number of imidazole rings is 1. The van der Waals surface area contributed by atoms with Crippen LogP contribution in [0, 0.1) is 0 Å². The second kappa shape index (κ2) is 13.5. The first kappa shape index (κ1) is 31.0. The van der Waals surface area contributed by atoms with E-state index in [9.17, 15) is 13.2 Å². The number of alkyl halides is 3. The molecule has 1 heterocycles. The average Bonchev–Trinajstić information content (AvgIpc) is 3.52. The first-order valence-electron chi connectivity index (χ1n) is 14.4. The normalized spacial score (nSPS) is 11.3. The second-order valence-corrected chi connectivity index (χ2v) is 11.2. The number of ether oxygens (including phenoxy) is 3. The number of methoxy groups -OCH3 is 1. The molecule has 0 saturated heterocycles. The highest BCUT2D eigenvalue weighted by Crippen LogP contribution is 2.40. The van der Waals surface area contributed by atoms with Crippen molar-refractivity contribution < 1.29 is 27.4 Å². The maximum absolute atomic E-state index is 14.0. The Bertz CT molecular complexity index is 1940. The molecule has 0 aliphatic rings. The summed E-state index contributed by atoms with van der Waals surface area (Å²) >= 11 is 3.07. The van der Waals surface area contributed by atoms with E-state index < -0.39 is 11.7 Å². The van der Waals surface area contributed by atoms with Gasteiger partial charge in [-0.05, 0) is 59.7 Å². The van der Waals surface area contributed by atoms with E-state index in [-0.39, 0.29) is 10.2 Å². The van der Waals surface area contributed by atoms with E-state index in [0.717, 1.165) is 17.2 Å². The van der Waals surface area contributed by atoms with Crippen molar-refractivity contribution in [3.8, 4) is 45.6 Å². The summed E-state index contributed by atoms with van der Waals surface area (Å²) in [6.07, 6.45) is -2.86. The largest absolute Gasteiger partial charge is 0.497 e. The number of aromatic nitrogens is 2. The lowest BCUT2D eigenvalue weighted by Crippen LogP contribution is -2.08. The van der Waals surface area contributed by atoms with Gasteiger partial charge in [0.25, 0.3) is 0 Å². The van der Waals surface area contributed by atoms with E-state index >= 15 is 0 Å². The standard InChI is InChI=1S/C37H28BrF3N2O3/c1-44-28-17-19-35(46-24-26-12-6-3-7-13-26)30(21-28)33-22-43(27-16-18-32(38)31(20-27)37(39,40)41)36(42-33)29-14-8-9-15-34(29)45-23-25-10-4-2-5-11-25/h2-22H,23-24H2,1H3. The Labute approximate surface area is 273 Å². The number of nitrogens with zero attached hydrogens (tertiary/aromatic N) is 2. The van der Waals surface area contributed by atoms with Crippen LogP contribution in [0.5, 0.6) is 17.2 Å². The van der Waals surface area contributed by atoms with E-state index in [2.05, 4.69) is 15.9 Å². The molecule has 0 N–H and O–H groups in total. The molecular formula is C37H28BrF3N2O3. The molecule has 0 fully saturated rings. The van der Waals surface area contributed by atoms with Gasteiger partial charge in [0, 0.05) is 21.9 Å². The molecule has 0 bridgehead atoms. The van der Waals surface area contributed by atoms with Crippen LogP contribution in [0.4, 0.5) is 13.2 Å². The molecular weight excluding hydrogens is 657 g/mol. The van der Waals surface area contributed by atoms with E-state index in [1.165, 1.54) is 6.07 Å². The number of para-hydroxylation sites is 1. The fraction of sp³-hybridized carbons (Fsp3) is 0.108. The molecule has 46 heavy (non-hydrogen) atoms. The number of benzene rings is 5. The Morgan fingerprint density at radius 2 is 1.30 bits per heavy atom. The molecule has 6 aromatic rings. The minimum atomic E-state index is -4.57. The molecule has 0 saturated carbocycles. The summed E-state index contributed by atoms with van der Waals surface area (Å²) in [5, 5.41) is 0. The lowest BCUT2D eigenvalue weighted by atomic mass is 10.1. The molecule has 0 atom stereocenters. The van der Waals surface area contributed by atoms with Crippen LogP contribution < -0.4 is 14.2 Å². The van der Waals surface area contributed by atoms with Gasteiger partial charge in [-0.2, -0.15) is 13.2 Å². The van der Waals surface area contributed by atoms with Crippen LogP contribution in [0.3, 0.4) is 0 Å². The van der Waals surface area contributed by atoms with Crippen molar-refractivity contribution in [3.63, 3.8) is 0 Å². The summed E-state index contributed by atoms with van der Waals surface area (Å²) in [5.74, 6) is 2.05. The smallest absolute Gasteiger partial charge is 0.417 e. The fourth-order valence-corrected chi connectivity index (χ4v) is 5.46. The van der Waals surface area contributed by atoms with Crippen LogP contribution in [-0.2, 0) is 19.4 Å². The second-order valence-electron chi connectivity index (χ2n) is 10.4. The Morgan fingerprint density at radius 1 is 0.696 bits per heavy atom. The highest BCUT2D eigenvalue weighted by Gasteiger charge is 2.33. The van der Waals surface area contributed by atoms with Crippen LogP contribution in [0.15, 0.2) is 132 Å². The van der Waals surface area contributed by atoms with Gasteiger partial charge in [0.1, 0.15) is 36.3 Å². The Kier molecular flexibility index (Phi) is 9.12. The average molecular weight is 686 g/mol. The van der Waals surface area contributed by atoms with Crippen LogP contribution in [-0.4, -0.2) is 16.7 Å². The number of hydrogen-bond acceptors (Lipinski definition) is 4. The summed E-state index contributed by atoms with van der Waals surface area (Å²) in [4.78, 5) is 5.00. The van der Waals surface area contributed by atoms with Gasteiger partial charge < -0.3 is 14.2 Å². The molecule has 0 spiro atoms. The molecule has 0 unspecified atom stereocenters. The van der Waals surface area contributed by atoms with Gasteiger partial charge in [-0.15, -0.1) is 0 Å². The molecule has 9 heteroatoms. The van der Waals surface area contributed by atoms with Gasteiger partial charge in [0.15, 0.2) is 0 Å². The van der Waals surface area contributed by atoms with Gasteiger partial charge in [-0.3, -0.25) is 4.57 Å². The predicted molar refractivity (Wildman–Crippen MR) is 175 cm³/mol. The van der Waals surface area contributed by atoms with Crippen LogP contribution in [0.2, 0.25) is 0 Å². The molecule has 0 amide bonds. The van der Waals surface area contributed by atoms with E-state index in [1.807, 2.05) is 84.9 Å². The quantitative estimate of drug-likeness (QED) is 0.144. The minimum Gasteiger partial charge on any atom is -0.497 e. The molecule has 5 aromatic carbocycles. The van der Waals surface area contributed by atoms with Crippen molar-refractivity contribution in [1.82, 2.24) is 9.55 Å². The summed E-state index contributed by atoms with van der Waals surface area (Å²) in [6.45, 7) is 0.612. The van der Waals surface area contributed by atoms with Crippen molar-refractivity contribution in [1.29, 1.82) is 0 Å². The summed E-state index contributed by atoms with van der Waals surface area (Å²) < 4.78 is 61.7. The van der Waals surface area contributed by atoms with Gasteiger partial charge >= 0.3 is 6.18 Å². The van der Waals surface area contributed by atoms with Crippen molar-refractivity contribution in [2.24, 2.45) is 0 Å². The van der Waals surface area contributed by atoms with Crippen LogP contribution in [0.25, 0.3) is 28.3 Å². The van der Waals surface area contributed by atoms with E-state index in [0.29, 0.717) is 53.1 Å². The zero-order chi connectivity index (χ0) is 32.1. The molecule has 5 nitrogen and oxygen atoms in total. The maximum Gasteiger partial charge on any atom is 0.417 e. The van der Waals surface area contributed by atoms with Gasteiger partial charge in [-0.25, -0.2) is 4.98 Å². The lowest BCUT2D eigenvalue weighted by Gasteiger charge is -2.15. The third kappa shape index (κ3) is 6.94. The number of rotatable bonds is 10. The third-order valence-electron chi connectivity index (χ3n) is 7.30. The fourth-order valence-electron chi connectivity index (χ4n) is 4.99. The molecule has 0 radical (unpaired) electrons. The molecule has 6 rings (SSSR count). The SMILES string of the molecule is COc1ccc(OCc2ccccc2)c(-c2cn(-c3ccc(Br)c(C(F)(F)F)c3)c(-c3ccccc3OCc3ccccc3)n2)c1. The monoisotopic (exact) mass is 684 g/mol. The first-order chi connectivity index (χ1) is 22.3. The van der Waals surface area contributed by atoms with Gasteiger partial charge in [-0.1, -0.05) is 88.7 Å².